The Labute approximate surface area is 212 Å². The number of thiazole rings is 1. The molecule has 1 N–H and O–H groups in total. The predicted octanol–water partition coefficient (Wildman–Crippen LogP) is 5.21. The van der Waals surface area contributed by atoms with Crippen molar-refractivity contribution in [2.24, 2.45) is 0 Å². The summed E-state index contributed by atoms with van der Waals surface area (Å²) < 4.78 is 42.1. The fourth-order valence-corrected chi connectivity index (χ4v) is 6.31. The number of ether oxygens (including phenoxy) is 2. The van der Waals surface area contributed by atoms with E-state index in [9.17, 15) is 13.2 Å². The molecule has 0 aliphatic rings. The van der Waals surface area contributed by atoms with Crippen molar-refractivity contribution in [2.75, 3.05) is 14.2 Å². The summed E-state index contributed by atoms with van der Waals surface area (Å²) in [6, 6.07) is 16.9. The predicted molar refractivity (Wildman–Crippen MR) is 140 cm³/mol. The first-order chi connectivity index (χ1) is 16.7. The molecule has 0 aliphatic carbocycles. The van der Waals surface area contributed by atoms with Crippen molar-refractivity contribution in [3.63, 3.8) is 0 Å². The van der Waals surface area contributed by atoms with Crippen LogP contribution in [0.4, 0.5) is 0 Å². The monoisotopic (exact) mass is 532 g/mol. The van der Waals surface area contributed by atoms with E-state index in [0.29, 0.717) is 39.7 Å². The number of halogens is 1. The molecule has 3 aromatic carbocycles. The number of hydrogen-bond acceptors (Lipinski definition) is 6. The van der Waals surface area contributed by atoms with Gasteiger partial charge in [0.25, 0.3) is 0 Å². The summed E-state index contributed by atoms with van der Waals surface area (Å²) in [5, 5.41) is 0.622. The lowest BCUT2D eigenvalue weighted by atomic mass is 10.1. The second-order valence-electron chi connectivity index (χ2n) is 7.91. The molecule has 0 amide bonds. The summed E-state index contributed by atoms with van der Waals surface area (Å²) in [6.45, 7) is 2.27. The number of sulfonamides is 1. The number of fused-ring (bicyclic) bond motifs is 1. The van der Waals surface area contributed by atoms with Crippen LogP contribution in [0.25, 0.3) is 10.2 Å². The van der Waals surface area contributed by atoms with E-state index >= 15 is 0 Å². The number of rotatable bonds is 9. The molecular weight excluding hydrogens is 508 g/mol. The smallest absolute Gasteiger partial charge is 0.308 e. The van der Waals surface area contributed by atoms with E-state index in [1.54, 1.807) is 48.1 Å². The number of methoxy groups -OCH3 is 2. The molecule has 0 fully saturated rings. The third-order valence-corrected chi connectivity index (χ3v) is 8.38. The van der Waals surface area contributed by atoms with Crippen LogP contribution in [0.1, 0.15) is 30.5 Å². The van der Waals surface area contributed by atoms with Gasteiger partial charge in [-0.05, 0) is 60.0 Å². The highest BCUT2D eigenvalue weighted by atomic mass is 35.5. The maximum atomic E-state index is 13.3. The molecule has 0 saturated heterocycles. The highest BCUT2D eigenvalue weighted by molar-refractivity contribution is 7.89. The molecule has 7 nitrogen and oxygen atoms in total. The summed E-state index contributed by atoms with van der Waals surface area (Å²) >= 11 is 6.97. The van der Waals surface area contributed by atoms with E-state index in [-0.39, 0.29) is 9.77 Å². The minimum atomic E-state index is -3.86. The Morgan fingerprint density at radius 2 is 1.71 bits per heavy atom. The zero-order valence-electron chi connectivity index (χ0n) is 19.4. The minimum absolute atomic E-state index is 0.101. The summed E-state index contributed by atoms with van der Waals surface area (Å²) in [6.07, 6.45) is 0.530. The molecule has 4 rings (SSSR count). The average molecular weight is 533 g/mol. The molecule has 35 heavy (non-hydrogen) atoms. The third kappa shape index (κ3) is 5.38. The van der Waals surface area contributed by atoms with Crippen LogP contribution in [-0.2, 0) is 16.6 Å². The standard InChI is InChI=1S/C25H25ClN2O5S2/c1-4-20(17-7-12-22(32-2)23(13-17)33-3)27-35(30,31)19-10-11-21-24(14-19)34-25(29)28(21)15-16-5-8-18(26)9-6-16/h5-14,20,27H,4,15H2,1-3H3/t20-/m0/s1. The second kappa shape index (κ2) is 10.4. The van der Waals surface area contributed by atoms with Crippen LogP contribution in [0.5, 0.6) is 11.5 Å². The lowest BCUT2D eigenvalue weighted by molar-refractivity contribution is 0.354. The van der Waals surface area contributed by atoms with Crippen LogP contribution < -0.4 is 19.1 Å². The molecule has 10 heteroatoms. The first-order valence-corrected chi connectivity index (χ1v) is 13.6. The Morgan fingerprint density at radius 3 is 2.37 bits per heavy atom. The van der Waals surface area contributed by atoms with Crippen molar-refractivity contribution < 1.29 is 17.9 Å². The zero-order chi connectivity index (χ0) is 25.2. The van der Waals surface area contributed by atoms with Gasteiger partial charge in [-0.25, -0.2) is 13.1 Å². The maximum Gasteiger partial charge on any atom is 0.308 e. The fraction of sp³-hybridized carbons (Fsp3) is 0.240. The summed E-state index contributed by atoms with van der Waals surface area (Å²) in [7, 11) is -0.774. The molecular formula is C25H25ClN2O5S2. The SMILES string of the molecule is CC[C@H](NS(=O)(=O)c1ccc2c(c1)sc(=O)n2Cc1ccc(Cl)cc1)c1ccc(OC)c(OC)c1. The molecule has 0 radical (unpaired) electrons. The Kier molecular flexibility index (Phi) is 7.51. The molecule has 0 saturated carbocycles. The number of hydrogen-bond donors (Lipinski definition) is 1. The van der Waals surface area contributed by atoms with Crippen molar-refractivity contribution in [3.8, 4) is 11.5 Å². The van der Waals surface area contributed by atoms with E-state index in [4.69, 9.17) is 21.1 Å². The van der Waals surface area contributed by atoms with Gasteiger partial charge in [-0.1, -0.05) is 48.1 Å². The van der Waals surface area contributed by atoms with E-state index in [1.807, 2.05) is 25.1 Å². The lowest BCUT2D eigenvalue weighted by Gasteiger charge is -2.19. The van der Waals surface area contributed by atoms with Gasteiger partial charge in [0.1, 0.15) is 0 Å². The normalized spacial score (nSPS) is 12.6. The Morgan fingerprint density at radius 1 is 1.00 bits per heavy atom. The molecule has 1 aromatic heterocycles. The Balaban J connectivity index is 1.62. The number of nitrogens with one attached hydrogen (secondary N) is 1. The molecule has 1 atom stereocenters. The highest BCUT2D eigenvalue weighted by Gasteiger charge is 2.22. The fourth-order valence-electron chi connectivity index (χ4n) is 3.85. The molecule has 0 unspecified atom stereocenters. The van der Waals surface area contributed by atoms with Crippen LogP contribution in [0.2, 0.25) is 5.02 Å². The maximum absolute atomic E-state index is 13.3. The van der Waals surface area contributed by atoms with Gasteiger partial charge in [-0.15, -0.1) is 0 Å². The Bertz CT molecular complexity index is 1510. The van der Waals surface area contributed by atoms with Crippen molar-refractivity contribution in [1.29, 1.82) is 0 Å². The largest absolute Gasteiger partial charge is 0.493 e. The quantitative estimate of drug-likeness (QED) is 0.320. The summed E-state index contributed by atoms with van der Waals surface area (Å²) in [5.41, 5.74) is 2.37. The molecule has 0 aliphatic heterocycles. The topological polar surface area (TPSA) is 86.6 Å². The van der Waals surface area contributed by atoms with E-state index in [0.717, 1.165) is 22.5 Å². The molecule has 0 spiro atoms. The summed E-state index contributed by atoms with van der Waals surface area (Å²) in [4.78, 5) is 12.6. The van der Waals surface area contributed by atoms with Gasteiger partial charge in [0.05, 0.1) is 35.9 Å². The van der Waals surface area contributed by atoms with Crippen LogP contribution >= 0.6 is 22.9 Å². The molecule has 4 aromatic rings. The zero-order valence-corrected chi connectivity index (χ0v) is 21.8. The second-order valence-corrected chi connectivity index (χ2v) is 11.1. The van der Waals surface area contributed by atoms with Gasteiger partial charge in [-0.2, -0.15) is 0 Å². The number of benzene rings is 3. The number of aromatic nitrogens is 1. The third-order valence-electron chi connectivity index (χ3n) is 5.72. The first-order valence-electron chi connectivity index (χ1n) is 10.9. The first kappa shape index (κ1) is 25.2. The van der Waals surface area contributed by atoms with Gasteiger partial charge in [0.2, 0.25) is 10.0 Å². The van der Waals surface area contributed by atoms with E-state index in [2.05, 4.69) is 4.72 Å². The highest BCUT2D eigenvalue weighted by Crippen LogP contribution is 2.32. The number of nitrogens with zero attached hydrogens (tertiary/aromatic N) is 1. The van der Waals surface area contributed by atoms with Crippen LogP contribution in [-0.4, -0.2) is 27.2 Å². The van der Waals surface area contributed by atoms with Crippen LogP contribution in [0, 0.1) is 0 Å². The van der Waals surface area contributed by atoms with Crippen molar-refractivity contribution in [1.82, 2.24) is 9.29 Å². The van der Waals surface area contributed by atoms with Crippen molar-refractivity contribution in [3.05, 3.63) is 86.5 Å². The van der Waals surface area contributed by atoms with Gasteiger partial charge < -0.3 is 9.47 Å². The van der Waals surface area contributed by atoms with Crippen LogP contribution in [0.15, 0.2) is 70.4 Å². The van der Waals surface area contributed by atoms with Gasteiger partial charge in [-0.3, -0.25) is 9.36 Å². The molecule has 0 bridgehead atoms. The Hall–Kier alpha value is -2.85. The molecule has 1 heterocycles. The van der Waals surface area contributed by atoms with Gasteiger partial charge in [0, 0.05) is 11.1 Å². The van der Waals surface area contributed by atoms with Crippen molar-refractivity contribution >= 4 is 43.2 Å². The van der Waals surface area contributed by atoms with Gasteiger partial charge >= 0.3 is 4.87 Å². The van der Waals surface area contributed by atoms with Gasteiger partial charge in [0.15, 0.2) is 11.5 Å². The minimum Gasteiger partial charge on any atom is -0.493 e. The van der Waals surface area contributed by atoms with E-state index < -0.39 is 16.1 Å². The van der Waals surface area contributed by atoms with Crippen LogP contribution in [0.3, 0.4) is 0 Å². The molecule has 184 valence electrons. The van der Waals surface area contributed by atoms with Crippen molar-refractivity contribution in [2.45, 2.75) is 30.8 Å². The average Bonchev–Trinajstić information content (AvgIpc) is 3.17. The summed E-state index contributed by atoms with van der Waals surface area (Å²) in [5.74, 6) is 1.09. The lowest BCUT2D eigenvalue weighted by Crippen LogP contribution is -2.28. The van der Waals surface area contributed by atoms with E-state index in [1.165, 1.54) is 13.2 Å².